The van der Waals surface area contributed by atoms with Gasteiger partial charge in [0.25, 0.3) is 0 Å². The lowest BCUT2D eigenvalue weighted by Gasteiger charge is -2.39. The van der Waals surface area contributed by atoms with E-state index in [1.54, 1.807) is 6.07 Å². The number of rotatable bonds is 5. The molecule has 0 bridgehead atoms. The Kier molecular flexibility index (Phi) is 3.90. The van der Waals surface area contributed by atoms with E-state index < -0.39 is 0 Å². The number of ether oxygens (including phenoxy) is 1. The van der Waals surface area contributed by atoms with Crippen LogP contribution < -0.4 is 4.74 Å². The van der Waals surface area contributed by atoms with E-state index >= 15 is 0 Å². The van der Waals surface area contributed by atoms with Crippen LogP contribution in [-0.2, 0) is 0 Å². The number of hydrogen-bond donors (Lipinski definition) is 0. The highest BCUT2D eigenvalue weighted by atomic mass is 79.9. The van der Waals surface area contributed by atoms with Gasteiger partial charge in [0, 0.05) is 16.8 Å². The van der Waals surface area contributed by atoms with E-state index in [2.05, 4.69) is 15.9 Å². The van der Waals surface area contributed by atoms with Crippen LogP contribution in [0, 0.1) is 22.5 Å². The zero-order valence-corrected chi connectivity index (χ0v) is 11.9. The summed E-state index contributed by atoms with van der Waals surface area (Å²) >= 11 is 3.51. The third kappa shape index (κ3) is 2.51. The van der Waals surface area contributed by atoms with Crippen molar-refractivity contribution in [1.29, 1.82) is 0 Å². The molecule has 0 saturated heterocycles. The Hall–Kier alpha value is -1.10. The van der Waals surface area contributed by atoms with Crippen molar-refractivity contribution in [3.63, 3.8) is 0 Å². The Bertz CT molecular complexity index is 452. The number of nitrogens with zero attached hydrogens (tertiary/aromatic N) is 1. The Balaban J connectivity index is 2.15. The molecule has 0 unspecified atom stereocenters. The summed E-state index contributed by atoms with van der Waals surface area (Å²) in [6, 6.07) is 5.01. The number of halogens is 1. The average molecular weight is 314 g/mol. The van der Waals surface area contributed by atoms with Crippen LogP contribution in [0.3, 0.4) is 0 Å². The Morgan fingerprint density at radius 2 is 2.22 bits per heavy atom. The van der Waals surface area contributed by atoms with Gasteiger partial charge in [-0.1, -0.05) is 34.5 Å². The van der Waals surface area contributed by atoms with Crippen molar-refractivity contribution in [2.75, 3.05) is 11.9 Å². The number of aryl methyl sites for hydroxylation is 1. The topological polar surface area (TPSA) is 52.4 Å². The first-order valence-electron chi connectivity index (χ1n) is 6.01. The summed E-state index contributed by atoms with van der Waals surface area (Å²) in [4.78, 5) is 10.6. The summed E-state index contributed by atoms with van der Waals surface area (Å²) in [7, 11) is 0. The molecule has 1 saturated carbocycles. The summed E-state index contributed by atoms with van der Waals surface area (Å²) in [5.41, 5.74) is 1.03. The second-order valence-corrected chi connectivity index (χ2v) is 5.52. The normalized spacial score (nSPS) is 17.0. The summed E-state index contributed by atoms with van der Waals surface area (Å²) in [6.45, 7) is 2.38. The molecular formula is C13H16BrNO3. The monoisotopic (exact) mass is 313 g/mol. The maximum absolute atomic E-state index is 11.0. The SMILES string of the molecule is Cc1cccc([N+](=O)[O-])c1OCC1(CBr)CCC1. The van der Waals surface area contributed by atoms with E-state index in [0.717, 1.165) is 23.7 Å². The lowest BCUT2D eigenvalue weighted by molar-refractivity contribution is -0.386. The van der Waals surface area contributed by atoms with Gasteiger partial charge in [0.1, 0.15) is 0 Å². The molecule has 4 nitrogen and oxygen atoms in total. The minimum atomic E-state index is -0.385. The van der Waals surface area contributed by atoms with Gasteiger partial charge in [-0.2, -0.15) is 0 Å². The minimum Gasteiger partial charge on any atom is -0.486 e. The Morgan fingerprint density at radius 1 is 1.50 bits per heavy atom. The molecule has 0 aromatic heterocycles. The van der Waals surface area contributed by atoms with E-state index in [1.165, 1.54) is 12.5 Å². The van der Waals surface area contributed by atoms with Crippen LogP contribution in [0.1, 0.15) is 24.8 Å². The van der Waals surface area contributed by atoms with Crippen molar-refractivity contribution in [3.05, 3.63) is 33.9 Å². The quantitative estimate of drug-likeness (QED) is 0.471. The predicted molar refractivity (Wildman–Crippen MR) is 73.4 cm³/mol. The maximum atomic E-state index is 11.0. The number of benzene rings is 1. The smallest absolute Gasteiger partial charge is 0.311 e. The molecular weight excluding hydrogens is 298 g/mol. The van der Waals surface area contributed by atoms with E-state index in [9.17, 15) is 10.1 Å². The summed E-state index contributed by atoms with van der Waals surface area (Å²) in [6.07, 6.45) is 3.46. The van der Waals surface area contributed by atoms with Gasteiger partial charge in [-0.05, 0) is 25.3 Å². The highest BCUT2D eigenvalue weighted by Crippen LogP contribution is 2.43. The maximum Gasteiger partial charge on any atom is 0.311 e. The number of nitro benzene ring substituents is 1. The van der Waals surface area contributed by atoms with Gasteiger partial charge >= 0.3 is 5.69 Å². The molecule has 18 heavy (non-hydrogen) atoms. The minimum absolute atomic E-state index is 0.0547. The van der Waals surface area contributed by atoms with Crippen molar-refractivity contribution < 1.29 is 9.66 Å². The highest BCUT2D eigenvalue weighted by molar-refractivity contribution is 9.09. The van der Waals surface area contributed by atoms with Crippen LogP contribution in [0.4, 0.5) is 5.69 Å². The summed E-state index contributed by atoms with van der Waals surface area (Å²) in [5.74, 6) is 0.412. The van der Waals surface area contributed by atoms with Crippen LogP contribution in [0.5, 0.6) is 5.75 Å². The molecule has 0 heterocycles. The van der Waals surface area contributed by atoms with Crippen molar-refractivity contribution in [3.8, 4) is 5.75 Å². The van der Waals surface area contributed by atoms with Crippen LogP contribution in [0.15, 0.2) is 18.2 Å². The predicted octanol–water partition coefficient (Wildman–Crippen LogP) is 3.85. The fourth-order valence-electron chi connectivity index (χ4n) is 2.19. The first-order chi connectivity index (χ1) is 8.58. The van der Waals surface area contributed by atoms with E-state index in [-0.39, 0.29) is 16.0 Å². The molecule has 1 fully saturated rings. The van der Waals surface area contributed by atoms with Gasteiger partial charge in [0.2, 0.25) is 0 Å². The molecule has 0 aliphatic heterocycles. The molecule has 1 aromatic rings. The summed E-state index contributed by atoms with van der Waals surface area (Å²) in [5, 5.41) is 11.9. The lowest BCUT2D eigenvalue weighted by Crippen LogP contribution is -2.37. The Labute approximate surface area is 115 Å². The number of alkyl halides is 1. The van der Waals surface area contributed by atoms with Crippen molar-refractivity contribution in [2.45, 2.75) is 26.2 Å². The van der Waals surface area contributed by atoms with Crippen LogP contribution in [0.25, 0.3) is 0 Å². The molecule has 5 heteroatoms. The fraction of sp³-hybridized carbons (Fsp3) is 0.538. The molecule has 2 rings (SSSR count). The van der Waals surface area contributed by atoms with Crippen molar-refractivity contribution >= 4 is 21.6 Å². The zero-order chi connectivity index (χ0) is 13.2. The average Bonchev–Trinajstić information content (AvgIpc) is 2.29. The molecule has 1 aliphatic carbocycles. The van der Waals surface area contributed by atoms with Gasteiger partial charge in [0.15, 0.2) is 5.75 Å². The van der Waals surface area contributed by atoms with E-state index in [4.69, 9.17) is 4.74 Å². The molecule has 98 valence electrons. The largest absolute Gasteiger partial charge is 0.486 e. The molecule has 1 aromatic carbocycles. The van der Waals surface area contributed by atoms with Crippen molar-refractivity contribution in [2.24, 2.45) is 5.41 Å². The van der Waals surface area contributed by atoms with Crippen LogP contribution in [0.2, 0.25) is 0 Å². The first kappa shape index (κ1) is 13.3. The first-order valence-corrected chi connectivity index (χ1v) is 7.13. The molecule has 0 radical (unpaired) electrons. The van der Waals surface area contributed by atoms with Crippen LogP contribution >= 0.6 is 15.9 Å². The molecule has 0 atom stereocenters. The third-order valence-electron chi connectivity index (χ3n) is 3.61. The fourth-order valence-corrected chi connectivity index (χ4v) is 2.91. The standard InChI is InChI=1S/C13H16BrNO3/c1-10-4-2-5-11(15(16)17)12(10)18-9-13(8-14)6-3-7-13/h2,4-5H,3,6-9H2,1H3. The number of hydrogen-bond acceptors (Lipinski definition) is 3. The van der Waals surface area contributed by atoms with Gasteiger partial charge in [0.05, 0.1) is 11.5 Å². The van der Waals surface area contributed by atoms with Crippen LogP contribution in [-0.4, -0.2) is 16.9 Å². The van der Waals surface area contributed by atoms with Gasteiger partial charge in [-0.3, -0.25) is 10.1 Å². The second-order valence-electron chi connectivity index (χ2n) is 4.96. The zero-order valence-electron chi connectivity index (χ0n) is 10.3. The molecule has 0 spiro atoms. The van der Waals surface area contributed by atoms with Gasteiger partial charge in [-0.25, -0.2) is 0 Å². The molecule has 1 aliphatic rings. The van der Waals surface area contributed by atoms with E-state index in [0.29, 0.717) is 12.4 Å². The molecule has 0 N–H and O–H groups in total. The third-order valence-corrected chi connectivity index (χ3v) is 4.80. The highest BCUT2D eigenvalue weighted by Gasteiger charge is 2.37. The van der Waals surface area contributed by atoms with Gasteiger partial charge in [-0.15, -0.1) is 0 Å². The number of nitro groups is 1. The van der Waals surface area contributed by atoms with E-state index in [1.807, 2.05) is 13.0 Å². The number of para-hydroxylation sites is 1. The van der Waals surface area contributed by atoms with Gasteiger partial charge < -0.3 is 4.74 Å². The lowest BCUT2D eigenvalue weighted by atomic mass is 9.71. The summed E-state index contributed by atoms with van der Waals surface area (Å²) < 4.78 is 5.76. The van der Waals surface area contributed by atoms with Crippen molar-refractivity contribution in [1.82, 2.24) is 0 Å². The Morgan fingerprint density at radius 3 is 2.72 bits per heavy atom. The second kappa shape index (κ2) is 5.26. The molecule has 0 amide bonds.